The van der Waals surface area contributed by atoms with Gasteiger partial charge in [-0.3, -0.25) is 9.80 Å². The van der Waals surface area contributed by atoms with E-state index in [-0.39, 0.29) is 17.1 Å². The number of benzene rings is 2. The van der Waals surface area contributed by atoms with Gasteiger partial charge in [-0.25, -0.2) is 0 Å². The molecule has 0 bridgehead atoms. The number of tetrazole rings is 1. The summed E-state index contributed by atoms with van der Waals surface area (Å²) in [6.07, 6.45) is 0. The minimum Gasteiger partial charge on any atom is -0.871 e. The predicted octanol–water partition coefficient (Wildman–Crippen LogP) is 1.01. The summed E-state index contributed by atoms with van der Waals surface area (Å²) in [6, 6.07) is 16.3. The van der Waals surface area contributed by atoms with Crippen molar-refractivity contribution in [1.29, 1.82) is 0 Å². The highest BCUT2D eigenvalue weighted by Crippen LogP contribution is 2.25. The van der Waals surface area contributed by atoms with Gasteiger partial charge >= 0.3 is 0 Å². The van der Waals surface area contributed by atoms with Crippen LogP contribution in [-0.4, -0.2) is 38.0 Å². The molecule has 0 aliphatic heterocycles. The number of H-pyrrole nitrogens is 1. The van der Waals surface area contributed by atoms with Crippen molar-refractivity contribution < 1.29 is 5.11 Å². The van der Waals surface area contributed by atoms with Crippen LogP contribution in [0, 0.1) is 0 Å². The molecule has 0 saturated carbocycles. The Hall–Kier alpha value is -4.01. The average Bonchev–Trinajstić information content (AvgIpc) is 3.26. The number of hydrogen-bond acceptors (Lipinski definition) is 7. The molecule has 4 rings (SSSR count). The van der Waals surface area contributed by atoms with Crippen molar-refractivity contribution in [3.05, 3.63) is 76.3 Å². The van der Waals surface area contributed by atoms with Gasteiger partial charge < -0.3 is 9.67 Å². The number of para-hydroxylation sites is 2. The first kappa shape index (κ1) is 17.4. The van der Waals surface area contributed by atoms with E-state index in [1.165, 1.54) is 4.57 Å². The molecule has 9 heteroatoms. The topological polar surface area (TPSA) is 115 Å². The van der Waals surface area contributed by atoms with E-state index in [0.717, 1.165) is 5.69 Å². The maximum atomic E-state index is 13.2. The quantitative estimate of drug-likeness (QED) is 0.421. The molecule has 140 valence electrons. The highest BCUT2D eigenvalue weighted by Gasteiger charge is 2.21. The van der Waals surface area contributed by atoms with Gasteiger partial charge in [0.2, 0.25) is 5.82 Å². The molecule has 9 nitrogen and oxygen atoms in total. The maximum absolute atomic E-state index is 13.2. The summed E-state index contributed by atoms with van der Waals surface area (Å²) in [5.74, 6) is -0.365. The lowest BCUT2D eigenvalue weighted by Crippen LogP contribution is -2.29. The van der Waals surface area contributed by atoms with Gasteiger partial charge in [0, 0.05) is 14.1 Å². The Labute approximate surface area is 159 Å². The summed E-state index contributed by atoms with van der Waals surface area (Å²) in [6.45, 7) is 0. The Balaban J connectivity index is 1.99. The zero-order valence-electron chi connectivity index (χ0n) is 15.2. The van der Waals surface area contributed by atoms with Gasteiger partial charge in [0.05, 0.1) is 16.8 Å². The number of pyridine rings is 1. The zero-order valence-corrected chi connectivity index (χ0v) is 15.2. The molecule has 0 spiro atoms. The van der Waals surface area contributed by atoms with E-state index in [1.807, 2.05) is 30.3 Å². The van der Waals surface area contributed by atoms with E-state index >= 15 is 0 Å². The minimum atomic E-state index is -0.478. The Morgan fingerprint density at radius 1 is 1.14 bits per heavy atom. The first-order valence-corrected chi connectivity index (χ1v) is 8.48. The minimum absolute atomic E-state index is 0.0523. The van der Waals surface area contributed by atoms with E-state index in [9.17, 15) is 9.90 Å². The number of aryl methyl sites for hydroxylation is 1. The van der Waals surface area contributed by atoms with Crippen molar-refractivity contribution in [1.82, 2.24) is 25.2 Å². The third-order valence-corrected chi connectivity index (χ3v) is 4.43. The molecule has 0 unspecified atom stereocenters. The van der Waals surface area contributed by atoms with Crippen LogP contribution in [0.25, 0.3) is 10.9 Å². The second kappa shape index (κ2) is 6.95. The van der Waals surface area contributed by atoms with E-state index in [2.05, 4.69) is 25.7 Å². The van der Waals surface area contributed by atoms with Crippen molar-refractivity contribution in [3.63, 3.8) is 0 Å². The maximum Gasteiger partial charge on any atom is 0.259 e. The second-order valence-electron chi connectivity index (χ2n) is 6.13. The fraction of sp³-hybridized carbons (Fsp3) is 0.105. The molecule has 2 heterocycles. The standard InChI is InChI=1S/C19H17N7O2/c1-25-14-11-7-6-10-13(14)17(27)15(19(25)28)16(18-20-23-24-21-18)22-26(2)12-8-4-3-5-9-12/h3-11,27H,1-2H3,(H,20,21,23,24)/p-1/b22-16-. The molecule has 4 aromatic rings. The Morgan fingerprint density at radius 3 is 2.57 bits per heavy atom. The van der Waals surface area contributed by atoms with Crippen LogP contribution < -0.4 is 15.7 Å². The predicted molar refractivity (Wildman–Crippen MR) is 103 cm³/mol. The van der Waals surface area contributed by atoms with E-state index in [0.29, 0.717) is 10.9 Å². The van der Waals surface area contributed by atoms with Crippen molar-refractivity contribution >= 4 is 22.3 Å². The van der Waals surface area contributed by atoms with E-state index in [1.54, 1.807) is 43.4 Å². The number of anilines is 1. The monoisotopic (exact) mass is 374 g/mol. The molecule has 0 aliphatic rings. The van der Waals surface area contributed by atoms with Crippen molar-refractivity contribution in [2.45, 2.75) is 0 Å². The van der Waals surface area contributed by atoms with Gasteiger partial charge in [-0.05, 0) is 28.8 Å². The molecule has 28 heavy (non-hydrogen) atoms. The van der Waals surface area contributed by atoms with Crippen LogP contribution in [-0.2, 0) is 7.05 Å². The van der Waals surface area contributed by atoms with Gasteiger partial charge in [0.25, 0.3) is 5.56 Å². The summed E-state index contributed by atoms with van der Waals surface area (Å²) in [7, 11) is 3.33. The average molecular weight is 374 g/mol. The first-order valence-electron chi connectivity index (χ1n) is 8.48. The third-order valence-electron chi connectivity index (χ3n) is 4.43. The fourth-order valence-electron chi connectivity index (χ4n) is 3.00. The molecule has 0 radical (unpaired) electrons. The number of hydrogen-bond donors (Lipinski definition) is 1. The smallest absolute Gasteiger partial charge is 0.259 e. The summed E-state index contributed by atoms with van der Waals surface area (Å²) >= 11 is 0. The number of nitrogens with one attached hydrogen (secondary N) is 1. The van der Waals surface area contributed by atoms with Crippen LogP contribution in [0.3, 0.4) is 0 Å². The molecule has 2 aromatic carbocycles. The molecule has 1 N–H and O–H groups in total. The third kappa shape index (κ3) is 2.88. The number of fused-ring (bicyclic) bond motifs is 1. The SMILES string of the molecule is CN(/N=C(\c1nn[nH]n1)c1c([O-])c2ccccc2n(C)c1=O)c1ccccc1. The van der Waals surface area contributed by atoms with Crippen LogP contribution in [0.4, 0.5) is 5.69 Å². The van der Waals surface area contributed by atoms with Crippen LogP contribution in [0.2, 0.25) is 0 Å². The highest BCUT2D eigenvalue weighted by atomic mass is 16.3. The largest absolute Gasteiger partial charge is 0.871 e. The number of aromatic nitrogens is 5. The summed E-state index contributed by atoms with van der Waals surface area (Å²) in [5, 5.41) is 33.4. The molecule has 0 amide bonds. The van der Waals surface area contributed by atoms with Crippen LogP contribution >= 0.6 is 0 Å². The van der Waals surface area contributed by atoms with E-state index < -0.39 is 11.3 Å². The van der Waals surface area contributed by atoms with Gasteiger partial charge in [-0.2, -0.15) is 10.3 Å². The van der Waals surface area contributed by atoms with Crippen LogP contribution in [0.5, 0.6) is 5.75 Å². The normalized spacial score (nSPS) is 11.7. The summed E-state index contributed by atoms with van der Waals surface area (Å²) in [4.78, 5) is 13.0. The van der Waals surface area contributed by atoms with E-state index in [4.69, 9.17) is 0 Å². The molecule has 0 saturated heterocycles. The number of nitrogens with zero attached hydrogens (tertiary/aromatic N) is 6. The zero-order chi connectivity index (χ0) is 19.7. The molecule has 0 fully saturated rings. The lowest BCUT2D eigenvalue weighted by Gasteiger charge is -2.20. The first-order chi connectivity index (χ1) is 13.6. The Kier molecular flexibility index (Phi) is 4.32. The highest BCUT2D eigenvalue weighted by molar-refractivity contribution is 6.14. The molecule has 2 aromatic heterocycles. The Morgan fingerprint density at radius 2 is 1.86 bits per heavy atom. The van der Waals surface area contributed by atoms with Gasteiger partial charge in [0.1, 0.15) is 5.71 Å². The van der Waals surface area contributed by atoms with Crippen molar-refractivity contribution in [2.24, 2.45) is 12.1 Å². The fourth-order valence-corrected chi connectivity index (χ4v) is 3.00. The molecule has 0 aliphatic carbocycles. The number of hydrazone groups is 1. The Bertz CT molecular complexity index is 1210. The summed E-state index contributed by atoms with van der Waals surface area (Å²) in [5.41, 5.74) is 0.786. The van der Waals surface area contributed by atoms with Crippen LogP contribution in [0.15, 0.2) is 64.5 Å². The van der Waals surface area contributed by atoms with Crippen LogP contribution in [0.1, 0.15) is 11.4 Å². The van der Waals surface area contributed by atoms with Gasteiger partial charge in [-0.1, -0.05) is 42.1 Å². The van der Waals surface area contributed by atoms with Gasteiger partial charge in [0.15, 0.2) is 0 Å². The second-order valence-corrected chi connectivity index (χ2v) is 6.13. The number of rotatable bonds is 4. The summed E-state index contributed by atoms with van der Waals surface area (Å²) < 4.78 is 1.42. The lowest BCUT2D eigenvalue weighted by molar-refractivity contribution is -0.266. The van der Waals surface area contributed by atoms with Crippen molar-refractivity contribution in [2.75, 3.05) is 12.1 Å². The van der Waals surface area contributed by atoms with Crippen molar-refractivity contribution in [3.8, 4) is 5.75 Å². The molecular weight excluding hydrogens is 358 g/mol. The molecule has 0 atom stereocenters. The number of aromatic amines is 1. The lowest BCUT2D eigenvalue weighted by atomic mass is 10.1. The molecular formula is C19H16N7O2-. The van der Waals surface area contributed by atoms with Gasteiger partial charge in [-0.15, -0.1) is 10.2 Å².